The van der Waals surface area contributed by atoms with Gasteiger partial charge in [0.25, 0.3) is 0 Å². The van der Waals surface area contributed by atoms with Gasteiger partial charge in [-0.2, -0.15) is 5.10 Å². The van der Waals surface area contributed by atoms with Crippen LogP contribution in [0.4, 0.5) is 0 Å². The first-order valence-corrected chi connectivity index (χ1v) is 10.0. The fourth-order valence-electron chi connectivity index (χ4n) is 2.95. The van der Waals surface area contributed by atoms with E-state index in [-0.39, 0.29) is 23.1 Å². The standard InChI is InChI=1S/C21H21ClN2O3S/c1-12-5-7-16(8-6-12)10-24-20(22)19(14(3)23-24)21(26)27-11-18(25)17-9-13(2)28-15(17)4/h5-9H,10-11H2,1-4H3. The Morgan fingerprint density at radius 3 is 2.43 bits per heavy atom. The molecule has 7 heteroatoms. The van der Waals surface area contributed by atoms with Crippen molar-refractivity contribution in [2.24, 2.45) is 0 Å². The molecule has 0 amide bonds. The summed E-state index contributed by atoms with van der Waals surface area (Å²) in [6.45, 7) is 7.65. The molecule has 3 rings (SSSR count). The second-order valence-electron chi connectivity index (χ2n) is 6.72. The Bertz CT molecular complexity index is 1030. The zero-order valence-corrected chi connectivity index (χ0v) is 17.8. The van der Waals surface area contributed by atoms with Gasteiger partial charge in [-0.1, -0.05) is 41.4 Å². The van der Waals surface area contributed by atoms with Gasteiger partial charge >= 0.3 is 5.97 Å². The van der Waals surface area contributed by atoms with E-state index < -0.39 is 5.97 Å². The third kappa shape index (κ3) is 4.34. The van der Waals surface area contributed by atoms with Crippen molar-refractivity contribution in [1.82, 2.24) is 9.78 Å². The Hall–Kier alpha value is -2.44. The molecule has 1 aromatic carbocycles. The number of aryl methyl sites for hydroxylation is 4. The number of ketones is 1. The highest BCUT2D eigenvalue weighted by Gasteiger charge is 2.23. The Kier molecular flexibility index (Phi) is 6.01. The quantitative estimate of drug-likeness (QED) is 0.422. The lowest BCUT2D eigenvalue weighted by Crippen LogP contribution is -2.15. The van der Waals surface area contributed by atoms with Crippen LogP contribution in [-0.4, -0.2) is 28.1 Å². The Morgan fingerprint density at radius 1 is 1.14 bits per heavy atom. The van der Waals surface area contributed by atoms with Gasteiger partial charge in [-0.25, -0.2) is 9.48 Å². The van der Waals surface area contributed by atoms with Crippen molar-refractivity contribution in [3.63, 3.8) is 0 Å². The van der Waals surface area contributed by atoms with Gasteiger partial charge in [0.1, 0.15) is 10.7 Å². The summed E-state index contributed by atoms with van der Waals surface area (Å²) < 4.78 is 6.79. The van der Waals surface area contributed by atoms with Crippen LogP contribution in [0.25, 0.3) is 0 Å². The SMILES string of the molecule is Cc1ccc(Cn2nc(C)c(C(=O)OCC(=O)c3cc(C)sc3C)c2Cl)cc1. The molecule has 0 aliphatic carbocycles. The number of Topliss-reactive ketones (excluding diaryl/α,β-unsaturated/α-hetero) is 1. The molecule has 0 radical (unpaired) electrons. The molecule has 0 fully saturated rings. The molecule has 0 N–H and O–H groups in total. The predicted molar refractivity (Wildman–Crippen MR) is 111 cm³/mol. The van der Waals surface area contributed by atoms with Crippen LogP contribution in [0.1, 0.15) is 47.3 Å². The zero-order chi connectivity index (χ0) is 20.4. The average molecular weight is 417 g/mol. The molecule has 0 unspecified atom stereocenters. The maximum Gasteiger partial charge on any atom is 0.343 e. The smallest absolute Gasteiger partial charge is 0.343 e. The van der Waals surface area contributed by atoms with Gasteiger partial charge in [0, 0.05) is 15.3 Å². The van der Waals surface area contributed by atoms with E-state index in [9.17, 15) is 9.59 Å². The van der Waals surface area contributed by atoms with Crippen LogP contribution >= 0.6 is 22.9 Å². The van der Waals surface area contributed by atoms with Crippen LogP contribution in [0.15, 0.2) is 30.3 Å². The van der Waals surface area contributed by atoms with Crippen molar-refractivity contribution in [2.45, 2.75) is 34.2 Å². The average Bonchev–Trinajstić information content (AvgIpc) is 3.12. The van der Waals surface area contributed by atoms with E-state index in [0.717, 1.165) is 20.9 Å². The topological polar surface area (TPSA) is 61.2 Å². The number of esters is 1. The van der Waals surface area contributed by atoms with Gasteiger partial charge in [0.05, 0.1) is 12.2 Å². The number of benzene rings is 1. The number of thiophene rings is 1. The van der Waals surface area contributed by atoms with E-state index in [1.807, 2.05) is 51.1 Å². The van der Waals surface area contributed by atoms with E-state index in [4.69, 9.17) is 16.3 Å². The zero-order valence-electron chi connectivity index (χ0n) is 16.2. The molecule has 2 aromatic heterocycles. The fourth-order valence-corrected chi connectivity index (χ4v) is 4.20. The predicted octanol–water partition coefficient (Wildman–Crippen LogP) is 4.92. The van der Waals surface area contributed by atoms with Crippen molar-refractivity contribution >= 4 is 34.7 Å². The molecule has 3 aromatic rings. The lowest BCUT2D eigenvalue weighted by atomic mass is 10.1. The highest BCUT2D eigenvalue weighted by atomic mass is 35.5. The van der Waals surface area contributed by atoms with E-state index >= 15 is 0 Å². The molecule has 0 bridgehead atoms. The van der Waals surface area contributed by atoms with E-state index in [1.165, 1.54) is 0 Å². The molecular weight excluding hydrogens is 396 g/mol. The molecule has 146 valence electrons. The minimum atomic E-state index is -0.643. The largest absolute Gasteiger partial charge is 0.454 e. The van der Waals surface area contributed by atoms with Crippen molar-refractivity contribution in [3.05, 3.63) is 73.2 Å². The minimum Gasteiger partial charge on any atom is -0.454 e. The summed E-state index contributed by atoms with van der Waals surface area (Å²) in [5, 5.41) is 4.56. The number of hydrogen-bond donors (Lipinski definition) is 0. The summed E-state index contributed by atoms with van der Waals surface area (Å²) >= 11 is 7.93. The third-order valence-corrected chi connectivity index (χ3v) is 5.75. The Labute approximate surface area is 172 Å². The molecule has 0 atom stereocenters. The first kappa shape index (κ1) is 20.3. The minimum absolute atomic E-state index is 0.194. The normalized spacial score (nSPS) is 10.9. The summed E-state index contributed by atoms with van der Waals surface area (Å²) in [7, 11) is 0. The number of aromatic nitrogens is 2. The first-order valence-electron chi connectivity index (χ1n) is 8.82. The summed E-state index contributed by atoms with van der Waals surface area (Å²) in [5.74, 6) is -0.869. The lowest BCUT2D eigenvalue weighted by molar-refractivity contribution is 0.0474. The fraction of sp³-hybridized carbons (Fsp3) is 0.286. The molecular formula is C21H21ClN2O3S. The van der Waals surface area contributed by atoms with Crippen molar-refractivity contribution in [2.75, 3.05) is 6.61 Å². The van der Waals surface area contributed by atoms with Gasteiger partial charge in [0.2, 0.25) is 5.78 Å². The second-order valence-corrected chi connectivity index (χ2v) is 8.54. The van der Waals surface area contributed by atoms with Gasteiger partial charge in [-0.15, -0.1) is 11.3 Å². The van der Waals surface area contributed by atoms with Gasteiger partial charge in [-0.3, -0.25) is 4.79 Å². The van der Waals surface area contributed by atoms with Crippen LogP contribution in [-0.2, 0) is 11.3 Å². The van der Waals surface area contributed by atoms with Crippen LogP contribution in [0.5, 0.6) is 0 Å². The number of nitrogens with zero attached hydrogens (tertiary/aromatic N) is 2. The van der Waals surface area contributed by atoms with Gasteiger partial charge in [-0.05, 0) is 39.3 Å². The highest BCUT2D eigenvalue weighted by Crippen LogP contribution is 2.23. The maximum atomic E-state index is 12.5. The molecule has 0 saturated heterocycles. The second kappa shape index (κ2) is 8.29. The summed E-state index contributed by atoms with van der Waals surface area (Å²) in [6.07, 6.45) is 0. The number of halogens is 1. The Balaban J connectivity index is 1.71. The summed E-state index contributed by atoms with van der Waals surface area (Å²) in [6, 6.07) is 9.81. The van der Waals surface area contributed by atoms with Gasteiger partial charge < -0.3 is 4.74 Å². The molecule has 28 heavy (non-hydrogen) atoms. The van der Waals surface area contributed by atoms with Crippen molar-refractivity contribution in [3.8, 4) is 0 Å². The number of rotatable bonds is 6. The maximum absolute atomic E-state index is 12.5. The van der Waals surface area contributed by atoms with E-state index in [2.05, 4.69) is 5.10 Å². The highest BCUT2D eigenvalue weighted by molar-refractivity contribution is 7.12. The van der Waals surface area contributed by atoms with Crippen LogP contribution in [0.2, 0.25) is 5.15 Å². The van der Waals surface area contributed by atoms with E-state index in [0.29, 0.717) is 17.8 Å². The number of ether oxygens (including phenoxy) is 1. The van der Waals surface area contributed by atoms with Crippen LogP contribution in [0, 0.1) is 27.7 Å². The first-order chi connectivity index (χ1) is 13.3. The summed E-state index contributed by atoms with van der Waals surface area (Å²) in [5.41, 5.74) is 3.44. The molecule has 0 saturated carbocycles. The van der Waals surface area contributed by atoms with E-state index in [1.54, 1.807) is 22.9 Å². The van der Waals surface area contributed by atoms with Crippen molar-refractivity contribution in [1.29, 1.82) is 0 Å². The number of carbonyl (C=O) groups excluding carboxylic acids is 2. The lowest BCUT2D eigenvalue weighted by Gasteiger charge is -2.06. The Morgan fingerprint density at radius 2 is 1.82 bits per heavy atom. The summed E-state index contributed by atoms with van der Waals surface area (Å²) in [4.78, 5) is 26.8. The number of carbonyl (C=O) groups is 2. The molecule has 0 aliphatic rings. The molecule has 5 nitrogen and oxygen atoms in total. The van der Waals surface area contributed by atoms with Gasteiger partial charge in [0.15, 0.2) is 6.61 Å². The van der Waals surface area contributed by atoms with Crippen molar-refractivity contribution < 1.29 is 14.3 Å². The molecule has 2 heterocycles. The van der Waals surface area contributed by atoms with Crippen LogP contribution in [0.3, 0.4) is 0 Å². The monoisotopic (exact) mass is 416 g/mol. The molecule has 0 aliphatic heterocycles. The number of hydrogen-bond acceptors (Lipinski definition) is 5. The third-order valence-electron chi connectivity index (χ3n) is 4.40. The molecule has 0 spiro atoms. The van der Waals surface area contributed by atoms with Crippen LogP contribution < -0.4 is 0 Å².